The molecule has 3 aromatic rings. The minimum absolute atomic E-state index is 0.164. The molecule has 0 amide bonds. The molecule has 0 bridgehead atoms. The molecule has 0 aliphatic heterocycles. The number of hydrogen-bond donors (Lipinski definition) is 1. The molecule has 0 fully saturated rings. The van der Waals surface area contributed by atoms with E-state index in [2.05, 4.69) is 5.32 Å². The highest BCUT2D eigenvalue weighted by atomic mass is 35.5. The van der Waals surface area contributed by atoms with E-state index in [9.17, 15) is 13.2 Å². The smallest absolute Gasteiger partial charge is 0.340 e. The van der Waals surface area contributed by atoms with Crippen molar-refractivity contribution in [3.8, 4) is 0 Å². The van der Waals surface area contributed by atoms with Crippen LogP contribution >= 0.6 is 23.8 Å². The monoisotopic (exact) mass is 448 g/mol. The minimum Gasteiger partial charge on any atom is -0.340 e. The third-order valence-electron chi connectivity index (χ3n) is 4.65. The van der Waals surface area contributed by atoms with Gasteiger partial charge in [0, 0.05) is 18.1 Å². The molecule has 2 nitrogen and oxygen atoms in total. The summed E-state index contributed by atoms with van der Waals surface area (Å²) >= 11 is 11.5. The van der Waals surface area contributed by atoms with Crippen LogP contribution in [0, 0.1) is 6.92 Å². The molecule has 0 saturated heterocycles. The number of hydrogen-bond acceptors (Lipinski definition) is 1. The maximum Gasteiger partial charge on any atom is 0.418 e. The Kier molecular flexibility index (Phi) is 7.00. The van der Waals surface area contributed by atoms with E-state index < -0.39 is 11.7 Å². The molecule has 0 radical (unpaired) electrons. The molecule has 0 aromatic heterocycles. The molecule has 0 aliphatic rings. The predicted molar refractivity (Wildman–Crippen MR) is 120 cm³/mol. The van der Waals surface area contributed by atoms with Gasteiger partial charge in [-0.05, 0) is 54.0 Å². The van der Waals surface area contributed by atoms with E-state index in [0.717, 1.165) is 22.8 Å². The van der Waals surface area contributed by atoms with Crippen LogP contribution in [0.1, 0.15) is 22.3 Å². The molecule has 7 heteroatoms. The van der Waals surface area contributed by atoms with E-state index in [1.165, 1.54) is 12.1 Å². The highest BCUT2D eigenvalue weighted by molar-refractivity contribution is 7.80. The van der Waals surface area contributed by atoms with Crippen LogP contribution in [0.5, 0.6) is 0 Å². The number of anilines is 1. The summed E-state index contributed by atoms with van der Waals surface area (Å²) in [6, 6.07) is 20.9. The van der Waals surface area contributed by atoms with Gasteiger partial charge in [0.2, 0.25) is 0 Å². The van der Waals surface area contributed by atoms with Crippen LogP contribution in [0.4, 0.5) is 18.9 Å². The number of halogens is 4. The second-order valence-electron chi connectivity index (χ2n) is 6.89. The summed E-state index contributed by atoms with van der Waals surface area (Å²) in [5.41, 5.74) is 2.14. The third kappa shape index (κ3) is 5.74. The Labute approximate surface area is 184 Å². The highest BCUT2D eigenvalue weighted by Gasteiger charge is 2.34. The summed E-state index contributed by atoms with van der Waals surface area (Å²) in [5, 5.41) is 3.16. The SMILES string of the molecule is Cc1ccccc1CN(Cc1ccccc1)C(=S)Nc1cc(Cl)ccc1C(F)(F)F. The van der Waals surface area contributed by atoms with Gasteiger partial charge in [0.1, 0.15) is 0 Å². The van der Waals surface area contributed by atoms with Crippen molar-refractivity contribution in [3.63, 3.8) is 0 Å². The number of aryl methyl sites for hydroxylation is 1. The number of nitrogens with one attached hydrogen (secondary N) is 1. The van der Waals surface area contributed by atoms with Gasteiger partial charge in [0.15, 0.2) is 5.11 Å². The van der Waals surface area contributed by atoms with Crippen molar-refractivity contribution in [2.24, 2.45) is 0 Å². The first-order chi connectivity index (χ1) is 14.2. The zero-order valence-corrected chi connectivity index (χ0v) is 17.8. The molecule has 1 N–H and O–H groups in total. The third-order valence-corrected chi connectivity index (χ3v) is 5.25. The second kappa shape index (κ2) is 9.49. The molecule has 0 spiro atoms. The minimum atomic E-state index is -4.52. The molecule has 0 atom stereocenters. The molecule has 30 heavy (non-hydrogen) atoms. The van der Waals surface area contributed by atoms with Crippen LogP contribution in [0.15, 0.2) is 72.8 Å². The fourth-order valence-electron chi connectivity index (χ4n) is 3.06. The maximum atomic E-state index is 13.4. The molecule has 0 aliphatic carbocycles. The van der Waals surface area contributed by atoms with Gasteiger partial charge < -0.3 is 10.2 Å². The quantitative estimate of drug-likeness (QED) is 0.420. The Hall–Kier alpha value is -2.57. The molecule has 0 saturated carbocycles. The van der Waals surface area contributed by atoms with Gasteiger partial charge in [-0.3, -0.25) is 0 Å². The lowest BCUT2D eigenvalue weighted by molar-refractivity contribution is -0.136. The van der Waals surface area contributed by atoms with Gasteiger partial charge in [-0.1, -0.05) is 66.2 Å². The normalized spacial score (nSPS) is 11.2. The first-order valence-corrected chi connectivity index (χ1v) is 10.0. The number of alkyl halides is 3. The largest absolute Gasteiger partial charge is 0.418 e. The predicted octanol–water partition coefficient (Wildman–Crippen LogP) is 7.07. The van der Waals surface area contributed by atoms with Gasteiger partial charge in [0.05, 0.1) is 11.3 Å². The fraction of sp³-hybridized carbons (Fsp3) is 0.174. The summed E-state index contributed by atoms with van der Waals surface area (Å²) in [7, 11) is 0. The standard InChI is InChI=1S/C23H20ClF3N2S/c1-16-7-5-6-10-18(16)15-29(14-17-8-3-2-4-9-17)22(30)28-21-13-19(24)11-12-20(21)23(25,26)27/h2-13H,14-15H2,1H3,(H,28,30). The van der Waals surface area contributed by atoms with Gasteiger partial charge in [-0.2, -0.15) is 13.2 Å². The van der Waals surface area contributed by atoms with Gasteiger partial charge in [-0.25, -0.2) is 0 Å². The van der Waals surface area contributed by atoms with Crippen molar-refractivity contribution in [2.75, 3.05) is 5.32 Å². The number of thiocarbonyl (C=S) groups is 1. The van der Waals surface area contributed by atoms with Gasteiger partial charge >= 0.3 is 6.18 Å². The lowest BCUT2D eigenvalue weighted by atomic mass is 10.1. The maximum absolute atomic E-state index is 13.4. The first-order valence-electron chi connectivity index (χ1n) is 9.25. The first kappa shape index (κ1) is 22.1. The Bertz CT molecular complexity index is 1020. The number of rotatable bonds is 5. The fourth-order valence-corrected chi connectivity index (χ4v) is 3.47. The van der Waals surface area contributed by atoms with E-state index in [1.54, 1.807) is 0 Å². The lowest BCUT2D eigenvalue weighted by Crippen LogP contribution is -2.34. The Balaban J connectivity index is 1.91. The average molecular weight is 449 g/mol. The van der Waals surface area contributed by atoms with Gasteiger partial charge in [0.25, 0.3) is 0 Å². The number of nitrogens with zero attached hydrogens (tertiary/aromatic N) is 1. The van der Waals surface area contributed by atoms with Crippen LogP contribution in [-0.4, -0.2) is 10.0 Å². The summed E-state index contributed by atoms with van der Waals surface area (Å²) in [4.78, 5) is 1.84. The molecule has 3 rings (SSSR count). The van der Waals surface area contributed by atoms with Crippen molar-refractivity contribution in [2.45, 2.75) is 26.2 Å². The zero-order valence-electron chi connectivity index (χ0n) is 16.2. The Morgan fingerprint density at radius 2 is 1.63 bits per heavy atom. The van der Waals surface area contributed by atoms with Crippen molar-refractivity contribution in [1.29, 1.82) is 0 Å². The van der Waals surface area contributed by atoms with E-state index >= 15 is 0 Å². The van der Waals surface area contributed by atoms with Gasteiger partial charge in [-0.15, -0.1) is 0 Å². The van der Waals surface area contributed by atoms with Crippen LogP contribution in [0.3, 0.4) is 0 Å². The molecular weight excluding hydrogens is 429 g/mol. The van der Waals surface area contributed by atoms with E-state index in [-0.39, 0.29) is 15.8 Å². The Morgan fingerprint density at radius 3 is 2.30 bits per heavy atom. The summed E-state index contributed by atoms with van der Waals surface area (Å²) < 4.78 is 40.3. The van der Waals surface area contributed by atoms with Crippen molar-refractivity contribution < 1.29 is 13.2 Å². The van der Waals surface area contributed by atoms with Crippen molar-refractivity contribution in [1.82, 2.24) is 4.90 Å². The van der Waals surface area contributed by atoms with Crippen LogP contribution in [0.25, 0.3) is 0 Å². The summed E-state index contributed by atoms with van der Waals surface area (Å²) in [5.74, 6) is 0. The summed E-state index contributed by atoms with van der Waals surface area (Å²) in [6.45, 7) is 2.89. The van der Waals surface area contributed by atoms with E-state index in [4.69, 9.17) is 23.8 Å². The topological polar surface area (TPSA) is 15.3 Å². The van der Waals surface area contributed by atoms with Crippen LogP contribution < -0.4 is 5.32 Å². The lowest BCUT2D eigenvalue weighted by Gasteiger charge is -2.28. The Morgan fingerprint density at radius 1 is 0.967 bits per heavy atom. The number of benzene rings is 3. The average Bonchev–Trinajstić information content (AvgIpc) is 2.69. The molecule has 0 unspecified atom stereocenters. The van der Waals surface area contributed by atoms with Crippen molar-refractivity contribution in [3.05, 3.63) is 100 Å². The molecule has 0 heterocycles. The molecular formula is C23H20ClF3N2S. The van der Waals surface area contributed by atoms with Crippen molar-refractivity contribution >= 4 is 34.6 Å². The van der Waals surface area contributed by atoms with Crippen LogP contribution in [0.2, 0.25) is 5.02 Å². The molecule has 3 aromatic carbocycles. The zero-order chi connectivity index (χ0) is 21.7. The van der Waals surface area contributed by atoms with E-state index in [0.29, 0.717) is 13.1 Å². The highest BCUT2D eigenvalue weighted by Crippen LogP contribution is 2.36. The van der Waals surface area contributed by atoms with E-state index in [1.807, 2.05) is 66.4 Å². The second-order valence-corrected chi connectivity index (χ2v) is 7.71. The summed E-state index contributed by atoms with van der Waals surface area (Å²) in [6.07, 6.45) is -4.52. The molecule has 156 valence electrons. The van der Waals surface area contributed by atoms with Crippen LogP contribution in [-0.2, 0) is 19.3 Å².